The van der Waals surface area contributed by atoms with Crippen molar-refractivity contribution in [2.24, 2.45) is 0 Å². The Morgan fingerprint density at radius 3 is 3.08 bits per heavy atom. The Bertz CT molecular complexity index is 371. The Balaban J connectivity index is 1.93. The molecule has 0 saturated carbocycles. The van der Waals surface area contributed by atoms with Gasteiger partial charge in [0, 0.05) is 26.3 Å². The third-order valence-electron chi connectivity index (χ3n) is 1.40. The summed E-state index contributed by atoms with van der Waals surface area (Å²) in [4.78, 5) is 5.31. The van der Waals surface area contributed by atoms with Crippen molar-refractivity contribution in [1.29, 1.82) is 0 Å². The van der Waals surface area contributed by atoms with Crippen LogP contribution in [0.5, 0.6) is 0 Å². The molecule has 13 heavy (non-hydrogen) atoms. The van der Waals surface area contributed by atoms with Gasteiger partial charge in [-0.1, -0.05) is 0 Å². The minimum absolute atomic E-state index is 0.811. The minimum Gasteiger partial charge on any atom is -0.355 e. The van der Waals surface area contributed by atoms with Crippen LogP contribution >= 0.6 is 38.8 Å². The van der Waals surface area contributed by atoms with Crippen molar-refractivity contribution in [1.82, 2.24) is 9.36 Å². The van der Waals surface area contributed by atoms with E-state index in [1.807, 2.05) is 0 Å². The summed E-state index contributed by atoms with van der Waals surface area (Å²) in [6.45, 7) is 0.811. The second-order valence-electron chi connectivity index (χ2n) is 2.33. The average Bonchev–Trinajstić information content (AvgIpc) is 2.71. The van der Waals surface area contributed by atoms with E-state index in [4.69, 9.17) is 0 Å². The van der Waals surface area contributed by atoms with Crippen molar-refractivity contribution in [3.63, 3.8) is 0 Å². The zero-order valence-electron chi connectivity index (χ0n) is 6.53. The van der Waals surface area contributed by atoms with Crippen LogP contribution in [0.4, 0.5) is 5.13 Å². The Kier molecular flexibility index (Phi) is 2.92. The first-order chi connectivity index (χ1) is 6.34. The van der Waals surface area contributed by atoms with Crippen LogP contribution in [0, 0.1) is 0 Å². The van der Waals surface area contributed by atoms with Gasteiger partial charge < -0.3 is 5.32 Å². The summed E-state index contributed by atoms with van der Waals surface area (Å²) in [5.41, 5.74) is 0. The maximum atomic E-state index is 4.03. The molecule has 0 atom stereocenters. The number of anilines is 1. The zero-order valence-corrected chi connectivity index (χ0v) is 9.75. The van der Waals surface area contributed by atoms with E-state index in [0.717, 1.165) is 16.1 Å². The molecule has 0 aliphatic heterocycles. The molecule has 2 rings (SSSR count). The van der Waals surface area contributed by atoms with E-state index in [9.17, 15) is 0 Å². The molecule has 0 aliphatic rings. The molecule has 0 bridgehead atoms. The van der Waals surface area contributed by atoms with Crippen molar-refractivity contribution < 1.29 is 0 Å². The van der Waals surface area contributed by atoms with Gasteiger partial charge in [0.1, 0.15) is 6.33 Å². The molecule has 0 aromatic carbocycles. The molecule has 2 heterocycles. The molecule has 0 unspecified atom stereocenters. The molecule has 0 radical (unpaired) electrons. The highest BCUT2D eigenvalue weighted by Gasteiger charge is 1.98. The summed E-state index contributed by atoms with van der Waals surface area (Å²) < 4.78 is 5.03. The van der Waals surface area contributed by atoms with Crippen LogP contribution < -0.4 is 5.32 Å². The van der Waals surface area contributed by atoms with E-state index in [1.54, 1.807) is 17.7 Å². The Labute approximate surface area is 92.1 Å². The third kappa shape index (κ3) is 2.49. The lowest BCUT2D eigenvalue weighted by molar-refractivity contribution is 1.16. The summed E-state index contributed by atoms with van der Waals surface area (Å²) in [5.74, 6) is 0. The predicted molar refractivity (Wildman–Crippen MR) is 59.3 cm³/mol. The van der Waals surface area contributed by atoms with Crippen LogP contribution in [0.2, 0.25) is 0 Å². The molecule has 6 heteroatoms. The van der Waals surface area contributed by atoms with Gasteiger partial charge in [0.05, 0.1) is 6.54 Å². The summed E-state index contributed by atoms with van der Waals surface area (Å²) >= 11 is 6.50. The van der Waals surface area contributed by atoms with Gasteiger partial charge >= 0.3 is 0 Å². The van der Waals surface area contributed by atoms with Crippen LogP contribution in [0.25, 0.3) is 0 Å². The Morgan fingerprint density at radius 2 is 2.46 bits per heavy atom. The fourth-order valence-corrected chi connectivity index (χ4v) is 2.68. The summed E-state index contributed by atoms with van der Waals surface area (Å²) in [6.07, 6.45) is 1.55. The standard InChI is InChI=1S/C7H6BrN3S2/c8-5-1-6(12-3-5)2-9-7-10-4-11-13-7/h1,3-4H,2H2,(H,9,10,11). The zero-order chi connectivity index (χ0) is 9.10. The fraction of sp³-hybridized carbons (Fsp3) is 0.143. The molecule has 0 spiro atoms. The van der Waals surface area contributed by atoms with Crippen molar-refractivity contribution in [3.8, 4) is 0 Å². The molecule has 1 N–H and O–H groups in total. The highest BCUT2D eigenvalue weighted by Crippen LogP contribution is 2.20. The molecule has 0 saturated heterocycles. The normalized spacial score (nSPS) is 10.2. The van der Waals surface area contributed by atoms with Gasteiger partial charge in [0.25, 0.3) is 0 Å². The number of thiophene rings is 1. The van der Waals surface area contributed by atoms with Gasteiger partial charge in [-0.3, -0.25) is 0 Å². The number of halogens is 1. The molecule has 2 aromatic heterocycles. The molecule has 0 amide bonds. The van der Waals surface area contributed by atoms with E-state index < -0.39 is 0 Å². The topological polar surface area (TPSA) is 37.8 Å². The largest absolute Gasteiger partial charge is 0.355 e. The molecular weight excluding hydrogens is 270 g/mol. The van der Waals surface area contributed by atoms with Gasteiger partial charge in [0.2, 0.25) is 5.13 Å². The predicted octanol–water partition coefficient (Wildman–Crippen LogP) is 2.97. The average molecular weight is 276 g/mol. The number of nitrogens with zero attached hydrogens (tertiary/aromatic N) is 2. The minimum atomic E-state index is 0.811. The molecule has 3 nitrogen and oxygen atoms in total. The van der Waals surface area contributed by atoms with Crippen LogP contribution in [0.1, 0.15) is 4.88 Å². The summed E-state index contributed by atoms with van der Waals surface area (Å²) in [5, 5.41) is 6.12. The highest BCUT2D eigenvalue weighted by atomic mass is 79.9. The van der Waals surface area contributed by atoms with Gasteiger partial charge in [-0.25, -0.2) is 4.98 Å². The summed E-state index contributed by atoms with van der Waals surface area (Å²) in [7, 11) is 0. The molecular formula is C7H6BrN3S2. The van der Waals surface area contributed by atoms with Gasteiger partial charge in [0.15, 0.2) is 0 Å². The molecule has 2 aromatic rings. The lowest BCUT2D eigenvalue weighted by Gasteiger charge is -1.96. The number of nitrogens with one attached hydrogen (secondary N) is 1. The lowest BCUT2D eigenvalue weighted by Crippen LogP contribution is -1.95. The first-order valence-corrected chi connectivity index (χ1v) is 6.02. The molecule has 0 fully saturated rings. The van der Waals surface area contributed by atoms with Crippen molar-refractivity contribution in [2.45, 2.75) is 6.54 Å². The second kappa shape index (κ2) is 4.17. The monoisotopic (exact) mass is 275 g/mol. The number of hydrogen-bond donors (Lipinski definition) is 1. The van der Waals surface area contributed by atoms with Crippen LogP contribution in [-0.2, 0) is 6.54 Å². The van der Waals surface area contributed by atoms with E-state index >= 15 is 0 Å². The molecule has 0 aliphatic carbocycles. The Morgan fingerprint density at radius 1 is 1.54 bits per heavy atom. The van der Waals surface area contributed by atoms with E-state index in [2.05, 4.69) is 42.1 Å². The maximum Gasteiger partial charge on any atom is 0.202 e. The van der Waals surface area contributed by atoms with E-state index in [1.165, 1.54) is 16.4 Å². The van der Waals surface area contributed by atoms with Crippen LogP contribution in [0.3, 0.4) is 0 Å². The first-order valence-electron chi connectivity index (χ1n) is 3.58. The van der Waals surface area contributed by atoms with E-state index in [0.29, 0.717) is 0 Å². The SMILES string of the molecule is Brc1csc(CNc2ncns2)c1. The van der Waals surface area contributed by atoms with Crippen molar-refractivity contribution in [2.75, 3.05) is 5.32 Å². The van der Waals surface area contributed by atoms with Crippen LogP contribution in [0.15, 0.2) is 22.2 Å². The highest BCUT2D eigenvalue weighted by molar-refractivity contribution is 9.10. The first kappa shape index (κ1) is 9.11. The van der Waals surface area contributed by atoms with Crippen molar-refractivity contribution >= 4 is 43.9 Å². The van der Waals surface area contributed by atoms with Gasteiger partial charge in [-0.2, -0.15) is 4.37 Å². The fourth-order valence-electron chi connectivity index (χ4n) is 0.860. The second-order valence-corrected chi connectivity index (χ2v) is 5.02. The van der Waals surface area contributed by atoms with Crippen molar-refractivity contribution in [3.05, 3.63) is 27.1 Å². The number of hydrogen-bond acceptors (Lipinski definition) is 5. The molecule has 68 valence electrons. The smallest absolute Gasteiger partial charge is 0.202 e. The summed E-state index contributed by atoms with van der Waals surface area (Å²) in [6, 6.07) is 2.10. The van der Waals surface area contributed by atoms with E-state index in [-0.39, 0.29) is 0 Å². The van der Waals surface area contributed by atoms with Crippen LogP contribution in [-0.4, -0.2) is 9.36 Å². The Hall–Kier alpha value is -0.460. The quantitative estimate of drug-likeness (QED) is 0.936. The maximum absolute atomic E-state index is 4.03. The number of rotatable bonds is 3. The third-order valence-corrected chi connectivity index (χ3v) is 3.72. The lowest BCUT2D eigenvalue weighted by atomic mass is 10.5. The van der Waals surface area contributed by atoms with Gasteiger partial charge in [-0.05, 0) is 22.0 Å². The van der Waals surface area contributed by atoms with Gasteiger partial charge in [-0.15, -0.1) is 11.3 Å². The number of aromatic nitrogens is 2.